The van der Waals surface area contributed by atoms with Crippen molar-refractivity contribution in [3.05, 3.63) is 29.3 Å². The van der Waals surface area contributed by atoms with Gasteiger partial charge in [-0.1, -0.05) is 6.07 Å². The molecule has 2 atom stereocenters. The quantitative estimate of drug-likeness (QED) is 0.785. The lowest BCUT2D eigenvalue weighted by atomic mass is 10.0. The molecule has 19 heavy (non-hydrogen) atoms. The summed E-state index contributed by atoms with van der Waals surface area (Å²) in [5, 5.41) is 3.45. The van der Waals surface area contributed by atoms with Gasteiger partial charge in [-0.2, -0.15) is 0 Å². The number of hydrogen-bond acceptors (Lipinski definition) is 4. The highest BCUT2D eigenvalue weighted by Crippen LogP contribution is 2.24. The van der Waals surface area contributed by atoms with E-state index in [1.165, 1.54) is 5.56 Å². The lowest BCUT2D eigenvalue weighted by Gasteiger charge is -2.19. The average Bonchev–Trinajstić information content (AvgIpc) is 2.44. The zero-order valence-corrected chi connectivity index (χ0v) is 12.5. The maximum absolute atomic E-state index is 5.33. The van der Waals surface area contributed by atoms with Crippen LogP contribution in [0.5, 0.6) is 5.75 Å². The Bertz CT molecular complexity index is 382. The maximum Gasteiger partial charge on any atom is 0.124 e. The molecule has 0 aliphatic rings. The minimum Gasteiger partial charge on any atom is -0.496 e. The van der Waals surface area contributed by atoms with Gasteiger partial charge in [0, 0.05) is 32.4 Å². The van der Waals surface area contributed by atoms with Crippen LogP contribution < -0.4 is 10.1 Å². The smallest absolute Gasteiger partial charge is 0.124 e. The molecule has 0 spiro atoms. The van der Waals surface area contributed by atoms with Gasteiger partial charge in [0.2, 0.25) is 0 Å². The molecule has 0 radical (unpaired) electrons. The topological polar surface area (TPSA) is 39.7 Å². The summed E-state index contributed by atoms with van der Waals surface area (Å²) in [4.78, 5) is 0. The SMILES string of the molecule is COCc1cc(C(C)NCC(C)OC)ccc1OC. The van der Waals surface area contributed by atoms with Gasteiger partial charge in [-0.15, -0.1) is 0 Å². The first-order valence-corrected chi connectivity index (χ1v) is 6.54. The molecule has 1 N–H and O–H groups in total. The van der Waals surface area contributed by atoms with E-state index < -0.39 is 0 Å². The normalized spacial score (nSPS) is 14.2. The van der Waals surface area contributed by atoms with Crippen molar-refractivity contribution in [2.24, 2.45) is 0 Å². The van der Waals surface area contributed by atoms with Gasteiger partial charge in [0.05, 0.1) is 19.8 Å². The molecule has 0 saturated carbocycles. The van der Waals surface area contributed by atoms with Gasteiger partial charge in [0.15, 0.2) is 0 Å². The second-order valence-electron chi connectivity index (χ2n) is 4.68. The lowest BCUT2D eigenvalue weighted by molar-refractivity contribution is 0.115. The summed E-state index contributed by atoms with van der Waals surface area (Å²) < 4.78 is 15.8. The van der Waals surface area contributed by atoms with Crippen molar-refractivity contribution in [1.82, 2.24) is 5.32 Å². The summed E-state index contributed by atoms with van der Waals surface area (Å²) in [6.45, 7) is 5.56. The van der Waals surface area contributed by atoms with E-state index in [9.17, 15) is 0 Å². The van der Waals surface area contributed by atoms with Crippen molar-refractivity contribution in [3.63, 3.8) is 0 Å². The van der Waals surface area contributed by atoms with Crippen LogP contribution in [-0.4, -0.2) is 34.0 Å². The summed E-state index contributed by atoms with van der Waals surface area (Å²) in [5.74, 6) is 0.864. The number of ether oxygens (including phenoxy) is 3. The molecule has 1 aromatic carbocycles. The second-order valence-corrected chi connectivity index (χ2v) is 4.68. The Morgan fingerprint density at radius 2 is 1.89 bits per heavy atom. The van der Waals surface area contributed by atoms with Crippen molar-refractivity contribution in [2.45, 2.75) is 32.6 Å². The molecule has 0 aliphatic carbocycles. The summed E-state index contributed by atoms with van der Waals surface area (Å²) in [6.07, 6.45) is 0.208. The molecule has 4 nitrogen and oxygen atoms in total. The van der Waals surface area contributed by atoms with E-state index in [2.05, 4.69) is 24.4 Å². The number of methoxy groups -OCH3 is 3. The Kier molecular flexibility index (Phi) is 6.84. The predicted octanol–water partition coefficient (Wildman–Crippen LogP) is 2.53. The molecule has 2 unspecified atom stereocenters. The average molecular weight is 267 g/mol. The van der Waals surface area contributed by atoms with Gasteiger partial charge in [-0.25, -0.2) is 0 Å². The first-order valence-electron chi connectivity index (χ1n) is 6.54. The van der Waals surface area contributed by atoms with Crippen LogP contribution >= 0.6 is 0 Å². The first kappa shape index (κ1) is 16.0. The van der Waals surface area contributed by atoms with Crippen molar-refractivity contribution in [1.29, 1.82) is 0 Å². The Morgan fingerprint density at radius 3 is 2.47 bits per heavy atom. The maximum atomic E-state index is 5.33. The molecule has 108 valence electrons. The fourth-order valence-corrected chi connectivity index (χ4v) is 1.88. The van der Waals surface area contributed by atoms with Crippen molar-refractivity contribution in [3.8, 4) is 5.75 Å². The molecule has 0 fully saturated rings. The van der Waals surface area contributed by atoms with E-state index in [1.54, 1.807) is 21.3 Å². The zero-order chi connectivity index (χ0) is 14.3. The van der Waals surface area contributed by atoms with Crippen LogP contribution in [0.15, 0.2) is 18.2 Å². The van der Waals surface area contributed by atoms with E-state index in [-0.39, 0.29) is 12.1 Å². The molecule has 0 aliphatic heterocycles. The predicted molar refractivity (Wildman–Crippen MR) is 76.6 cm³/mol. The molecular weight excluding hydrogens is 242 g/mol. The highest BCUT2D eigenvalue weighted by molar-refractivity contribution is 5.38. The highest BCUT2D eigenvalue weighted by atomic mass is 16.5. The van der Waals surface area contributed by atoms with Gasteiger partial charge in [-0.3, -0.25) is 0 Å². The third kappa shape index (κ3) is 4.82. The van der Waals surface area contributed by atoms with E-state index in [4.69, 9.17) is 14.2 Å². The molecule has 4 heteroatoms. The third-order valence-corrected chi connectivity index (χ3v) is 3.22. The molecule has 0 bridgehead atoms. The Balaban J connectivity index is 2.74. The minimum absolute atomic E-state index is 0.208. The zero-order valence-electron chi connectivity index (χ0n) is 12.5. The van der Waals surface area contributed by atoms with Crippen LogP contribution in [0.25, 0.3) is 0 Å². The monoisotopic (exact) mass is 267 g/mol. The Hall–Kier alpha value is -1.10. The van der Waals surface area contributed by atoms with Crippen molar-refractivity contribution < 1.29 is 14.2 Å². The summed E-state index contributed by atoms with van der Waals surface area (Å²) >= 11 is 0. The van der Waals surface area contributed by atoms with Gasteiger partial charge in [0.1, 0.15) is 5.75 Å². The summed E-state index contributed by atoms with van der Waals surface area (Å²) in [5.41, 5.74) is 2.28. The fraction of sp³-hybridized carbons (Fsp3) is 0.600. The third-order valence-electron chi connectivity index (χ3n) is 3.22. The molecular formula is C15H25NO3. The van der Waals surface area contributed by atoms with E-state index >= 15 is 0 Å². The Labute approximate surface area is 116 Å². The van der Waals surface area contributed by atoms with E-state index in [0.29, 0.717) is 6.61 Å². The van der Waals surface area contributed by atoms with Crippen LogP contribution in [0.1, 0.15) is 31.0 Å². The molecule has 0 heterocycles. The lowest BCUT2D eigenvalue weighted by Crippen LogP contribution is -2.28. The summed E-state index contributed by atoms with van der Waals surface area (Å²) in [6, 6.07) is 6.45. The van der Waals surface area contributed by atoms with Crippen LogP contribution in [0.3, 0.4) is 0 Å². The minimum atomic E-state index is 0.208. The van der Waals surface area contributed by atoms with Gasteiger partial charge < -0.3 is 19.5 Å². The second kappa shape index (κ2) is 8.15. The van der Waals surface area contributed by atoms with E-state index in [0.717, 1.165) is 17.9 Å². The van der Waals surface area contributed by atoms with Crippen LogP contribution in [-0.2, 0) is 16.1 Å². The largest absolute Gasteiger partial charge is 0.496 e. The standard InChI is InChI=1S/C15H25NO3/c1-11(18-4)9-16-12(2)13-6-7-15(19-5)14(8-13)10-17-3/h6-8,11-12,16H,9-10H2,1-5H3. The number of rotatable bonds is 8. The molecule has 1 rings (SSSR count). The summed E-state index contributed by atoms with van der Waals surface area (Å²) in [7, 11) is 5.09. The van der Waals surface area contributed by atoms with Gasteiger partial charge >= 0.3 is 0 Å². The van der Waals surface area contributed by atoms with Gasteiger partial charge in [0.25, 0.3) is 0 Å². The molecule has 0 aromatic heterocycles. The fourth-order valence-electron chi connectivity index (χ4n) is 1.88. The molecule has 0 saturated heterocycles. The number of hydrogen-bond donors (Lipinski definition) is 1. The van der Waals surface area contributed by atoms with E-state index in [1.807, 2.05) is 13.0 Å². The van der Waals surface area contributed by atoms with Crippen LogP contribution in [0.4, 0.5) is 0 Å². The molecule has 1 aromatic rings. The highest BCUT2D eigenvalue weighted by Gasteiger charge is 2.10. The Morgan fingerprint density at radius 1 is 1.16 bits per heavy atom. The number of benzene rings is 1. The van der Waals surface area contributed by atoms with Crippen LogP contribution in [0.2, 0.25) is 0 Å². The number of nitrogens with one attached hydrogen (secondary N) is 1. The molecule has 0 amide bonds. The van der Waals surface area contributed by atoms with Crippen molar-refractivity contribution >= 4 is 0 Å². The van der Waals surface area contributed by atoms with Crippen LogP contribution in [0, 0.1) is 0 Å². The van der Waals surface area contributed by atoms with Crippen molar-refractivity contribution in [2.75, 3.05) is 27.9 Å². The first-order chi connectivity index (χ1) is 9.12. The van der Waals surface area contributed by atoms with Gasteiger partial charge in [-0.05, 0) is 31.5 Å².